The van der Waals surface area contributed by atoms with Crippen molar-refractivity contribution in [1.29, 1.82) is 0 Å². The first-order chi connectivity index (χ1) is 13.5. The number of amides is 1. The van der Waals surface area contributed by atoms with Crippen LogP contribution in [0.25, 0.3) is 5.57 Å². The van der Waals surface area contributed by atoms with Crippen molar-refractivity contribution in [3.63, 3.8) is 0 Å². The summed E-state index contributed by atoms with van der Waals surface area (Å²) in [5.41, 5.74) is 5.85. The molecule has 1 unspecified atom stereocenters. The minimum Gasteiger partial charge on any atom is -0.493 e. The SMILES string of the molecule is CC(C)c1ccc2c(c1)OCC/C2=C\C(=O)Nc1cccc2c1CC(O)CN2. The molecule has 3 N–H and O–H groups in total. The van der Waals surface area contributed by atoms with Crippen molar-refractivity contribution in [3.8, 4) is 5.75 Å². The van der Waals surface area contributed by atoms with Gasteiger partial charge in [-0.2, -0.15) is 0 Å². The molecule has 0 aliphatic carbocycles. The van der Waals surface area contributed by atoms with E-state index in [1.54, 1.807) is 6.08 Å². The number of fused-ring (bicyclic) bond motifs is 2. The zero-order chi connectivity index (χ0) is 19.7. The van der Waals surface area contributed by atoms with E-state index in [4.69, 9.17) is 4.74 Å². The van der Waals surface area contributed by atoms with Crippen LogP contribution in [-0.2, 0) is 11.2 Å². The second-order valence-corrected chi connectivity index (χ2v) is 7.74. The first-order valence-electron chi connectivity index (χ1n) is 9.84. The van der Waals surface area contributed by atoms with Gasteiger partial charge in [-0.25, -0.2) is 0 Å². The lowest BCUT2D eigenvalue weighted by atomic mass is 9.94. The van der Waals surface area contributed by atoms with Gasteiger partial charge >= 0.3 is 0 Å². The summed E-state index contributed by atoms with van der Waals surface area (Å²) in [6.45, 7) is 5.41. The number of carbonyl (C=O) groups is 1. The Bertz CT molecular complexity index is 933. The number of β-amino-alcohol motifs (C(OH)–C–C–N with tert-alkyl or cyclic N) is 1. The number of anilines is 2. The molecule has 0 saturated carbocycles. The van der Waals surface area contributed by atoms with Crippen LogP contribution < -0.4 is 15.4 Å². The van der Waals surface area contributed by atoms with Gasteiger partial charge in [0, 0.05) is 48.0 Å². The van der Waals surface area contributed by atoms with Crippen LogP contribution in [-0.4, -0.2) is 30.3 Å². The Morgan fingerprint density at radius 3 is 3.00 bits per heavy atom. The third-order valence-corrected chi connectivity index (χ3v) is 5.35. The molecule has 28 heavy (non-hydrogen) atoms. The zero-order valence-corrected chi connectivity index (χ0v) is 16.3. The lowest BCUT2D eigenvalue weighted by Gasteiger charge is -2.25. The van der Waals surface area contributed by atoms with Gasteiger partial charge in [-0.1, -0.05) is 32.0 Å². The molecule has 1 atom stereocenters. The van der Waals surface area contributed by atoms with E-state index in [1.807, 2.05) is 24.3 Å². The van der Waals surface area contributed by atoms with Crippen LogP contribution in [0.4, 0.5) is 11.4 Å². The molecular weight excluding hydrogens is 352 g/mol. The maximum absolute atomic E-state index is 12.7. The summed E-state index contributed by atoms with van der Waals surface area (Å²) in [6, 6.07) is 12.0. The largest absolute Gasteiger partial charge is 0.493 e. The fraction of sp³-hybridized carbons (Fsp3) is 0.348. The summed E-state index contributed by atoms with van der Waals surface area (Å²) in [7, 11) is 0. The van der Waals surface area contributed by atoms with Crippen LogP contribution in [0.15, 0.2) is 42.5 Å². The molecule has 5 heteroatoms. The van der Waals surface area contributed by atoms with Crippen LogP contribution in [0.5, 0.6) is 5.75 Å². The van der Waals surface area contributed by atoms with Crippen molar-refractivity contribution in [2.75, 3.05) is 23.8 Å². The summed E-state index contributed by atoms with van der Waals surface area (Å²) < 4.78 is 5.82. The fourth-order valence-corrected chi connectivity index (χ4v) is 3.79. The van der Waals surface area contributed by atoms with Crippen molar-refractivity contribution in [2.45, 2.75) is 38.7 Å². The first kappa shape index (κ1) is 18.6. The molecule has 2 heterocycles. The smallest absolute Gasteiger partial charge is 0.248 e. The highest BCUT2D eigenvalue weighted by atomic mass is 16.5. The summed E-state index contributed by atoms with van der Waals surface area (Å²) in [5, 5.41) is 16.1. The average molecular weight is 378 g/mol. The minimum atomic E-state index is -0.443. The molecule has 0 bridgehead atoms. The third-order valence-electron chi connectivity index (χ3n) is 5.35. The molecular formula is C23H26N2O3. The number of rotatable bonds is 3. The molecule has 2 aromatic rings. The maximum Gasteiger partial charge on any atom is 0.248 e. The Labute approximate surface area is 165 Å². The number of carbonyl (C=O) groups excluding carboxylic acids is 1. The van der Waals surface area contributed by atoms with Crippen molar-refractivity contribution in [1.82, 2.24) is 0 Å². The van der Waals surface area contributed by atoms with Crippen molar-refractivity contribution in [3.05, 3.63) is 59.2 Å². The van der Waals surface area contributed by atoms with Gasteiger partial charge in [0.2, 0.25) is 5.91 Å². The second kappa shape index (κ2) is 7.68. The predicted molar refractivity (Wildman–Crippen MR) is 112 cm³/mol. The Hall–Kier alpha value is -2.79. The van der Waals surface area contributed by atoms with Gasteiger partial charge in [0.05, 0.1) is 12.7 Å². The summed E-state index contributed by atoms with van der Waals surface area (Å²) in [5.74, 6) is 1.12. The number of hydrogen-bond acceptors (Lipinski definition) is 4. The number of aliphatic hydroxyl groups excluding tert-OH is 1. The van der Waals surface area contributed by atoms with Gasteiger partial charge in [-0.05, 0) is 35.3 Å². The number of benzene rings is 2. The fourth-order valence-electron chi connectivity index (χ4n) is 3.79. The maximum atomic E-state index is 12.7. The molecule has 2 aliphatic rings. The molecule has 2 aromatic carbocycles. The molecule has 0 spiro atoms. The standard InChI is InChI=1S/C23H26N2O3/c1-14(2)15-6-7-18-16(8-9-28-22(18)10-15)11-23(27)25-21-5-3-4-20-19(21)12-17(26)13-24-20/h3-7,10-11,14,17,24,26H,8-9,12-13H2,1-2H3,(H,25,27)/b16-11+. The molecule has 1 amide bonds. The van der Waals surface area contributed by atoms with Gasteiger partial charge in [0.25, 0.3) is 0 Å². The first-order valence-corrected chi connectivity index (χ1v) is 9.84. The van der Waals surface area contributed by atoms with Gasteiger partial charge < -0.3 is 20.5 Å². The van der Waals surface area contributed by atoms with Gasteiger partial charge in [0.15, 0.2) is 0 Å². The average Bonchev–Trinajstić information content (AvgIpc) is 2.68. The summed E-state index contributed by atoms with van der Waals surface area (Å²) in [4.78, 5) is 12.7. The lowest BCUT2D eigenvalue weighted by molar-refractivity contribution is -0.111. The van der Waals surface area contributed by atoms with E-state index in [9.17, 15) is 9.90 Å². The van der Waals surface area contributed by atoms with Crippen LogP contribution in [0, 0.1) is 0 Å². The monoisotopic (exact) mass is 378 g/mol. The topological polar surface area (TPSA) is 70.6 Å². The van der Waals surface area contributed by atoms with E-state index in [1.165, 1.54) is 5.56 Å². The van der Waals surface area contributed by atoms with Crippen molar-refractivity contribution < 1.29 is 14.6 Å². The molecule has 0 saturated heterocycles. The number of hydrogen-bond donors (Lipinski definition) is 3. The van der Waals surface area contributed by atoms with Crippen LogP contribution in [0.2, 0.25) is 0 Å². The highest BCUT2D eigenvalue weighted by Crippen LogP contribution is 2.35. The predicted octanol–water partition coefficient (Wildman–Crippen LogP) is 3.94. The molecule has 5 nitrogen and oxygen atoms in total. The van der Waals surface area contributed by atoms with Crippen molar-refractivity contribution >= 4 is 22.9 Å². The van der Waals surface area contributed by atoms with E-state index in [0.29, 0.717) is 31.9 Å². The Morgan fingerprint density at radius 2 is 2.18 bits per heavy atom. The second-order valence-electron chi connectivity index (χ2n) is 7.74. The molecule has 0 aromatic heterocycles. The Balaban J connectivity index is 1.57. The lowest BCUT2D eigenvalue weighted by Crippen LogP contribution is -2.28. The van der Waals surface area contributed by atoms with Crippen molar-refractivity contribution in [2.24, 2.45) is 0 Å². The van der Waals surface area contributed by atoms with Crippen LogP contribution in [0.1, 0.15) is 42.9 Å². The van der Waals surface area contributed by atoms with E-state index in [0.717, 1.165) is 33.8 Å². The van der Waals surface area contributed by atoms with E-state index < -0.39 is 6.10 Å². The zero-order valence-electron chi connectivity index (χ0n) is 16.3. The van der Waals surface area contributed by atoms with Gasteiger partial charge in [-0.15, -0.1) is 0 Å². The quantitative estimate of drug-likeness (QED) is 0.708. The van der Waals surface area contributed by atoms with Gasteiger partial charge in [0.1, 0.15) is 5.75 Å². The molecule has 4 rings (SSSR count). The third kappa shape index (κ3) is 3.76. The number of ether oxygens (including phenoxy) is 1. The number of nitrogens with one attached hydrogen (secondary N) is 2. The van der Waals surface area contributed by atoms with E-state index in [-0.39, 0.29) is 5.91 Å². The minimum absolute atomic E-state index is 0.163. The number of aliphatic hydroxyl groups is 1. The molecule has 146 valence electrons. The Kier molecular flexibility index (Phi) is 5.09. The van der Waals surface area contributed by atoms with E-state index in [2.05, 4.69) is 36.6 Å². The van der Waals surface area contributed by atoms with Crippen LogP contribution in [0.3, 0.4) is 0 Å². The van der Waals surface area contributed by atoms with Gasteiger partial charge in [-0.3, -0.25) is 4.79 Å². The molecule has 0 fully saturated rings. The normalized spacial score (nSPS) is 19.4. The van der Waals surface area contributed by atoms with E-state index >= 15 is 0 Å². The highest BCUT2D eigenvalue weighted by Gasteiger charge is 2.21. The Morgan fingerprint density at radius 1 is 1.32 bits per heavy atom. The molecule has 0 radical (unpaired) electrons. The molecule has 2 aliphatic heterocycles. The summed E-state index contributed by atoms with van der Waals surface area (Å²) in [6.07, 6.45) is 2.46. The van der Waals surface area contributed by atoms with Crippen LogP contribution >= 0.6 is 0 Å². The highest BCUT2D eigenvalue weighted by molar-refractivity contribution is 6.05. The summed E-state index contributed by atoms with van der Waals surface area (Å²) >= 11 is 0.